The number of benzene rings is 1. The molecule has 21 heavy (non-hydrogen) atoms. The van der Waals surface area contributed by atoms with E-state index in [0.717, 1.165) is 29.4 Å². The standard InChI is InChI=1S/C16H24ClN3O/c1-16(2,3)18-10-12-13(17)6-5-7-14(12)20-9-8-19(4)15(21)11-20/h5-7,18H,8-11H2,1-4H3. The topological polar surface area (TPSA) is 35.6 Å². The average molecular weight is 310 g/mol. The second kappa shape index (κ2) is 6.24. The van der Waals surface area contributed by atoms with Gasteiger partial charge in [-0.25, -0.2) is 0 Å². The molecule has 0 unspecified atom stereocenters. The fraction of sp³-hybridized carbons (Fsp3) is 0.562. The third-order valence-corrected chi connectivity index (χ3v) is 4.04. The van der Waals surface area contributed by atoms with Gasteiger partial charge in [-0.15, -0.1) is 0 Å². The second-order valence-electron chi connectivity index (χ2n) is 6.58. The summed E-state index contributed by atoms with van der Waals surface area (Å²) in [4.78, 5) is 15.8. The van der Waals surface area contributed by atoms with Crippen molar-refractivity contribution in [2.75, 3.05) is 31.6 Å². The number of carbonyl (C=O) groups excluding carboxylic acids is 1. The van der Waals surface area contributed by atoms with Crippen LogP contribution in [0.1, 0.15) is 26.3 Å². The van der Waals surface area contributed by atoms with Gasteiger partial charge in [-0.3, -0.25) is 4.79 Å². The van der Waals surface area contributed by atoms with E-state index in [9.17, 15) is 4.79 Å². The quantitative estimate of drug-likeness (QED) is 0.932. The lowest BCUT2D eigenvalue weighted by atomic mass is 10.1. The number of nitrogens with one attached hydrogen (secondary N) is 1. The molecule has 1 aromatic rings. The van der Waals surface area contributed by atoms with Crippen LogP contribution in [0.5, 0.6) is 0 Å². The van der Waals surface area contributed by atoms with E-state index in [2.05, 4.69) is 31.0 Å². The summed E-state index contributed by atoms with van der Waals surface area (Å²) in [6, 6.07) is 5.90. The monoisotopic (exact) mass is 309 g/mol. The minimum Gasteiger partial charge on any atom is -0.360 e. The molecule has 1 fully saturated rings. The van der Waals surface area contributed by atoms with Crippen LogP contribution >= 0.6 is 11.6 Å². The number of carbonyl (C=O) groups is 1. The van der Waals surface area contributed by atoms with Gasteiger partial charge < -0.3 is 15.1 Å². The van der Waals surface area contributed by atoms with Crippen molar-refractivity contribution in [1.29, 1.82) is 0 Å². The first-order valence-electron chi connectivity index (χ1n) is 7.29. The summed E-state index contributed by atoms with van der Waals surface area (Å²) in [5.41, 5.74) is 2.14. The van der Waals surface area contributed by atoms with Crippen LogP contribution in [0.3, 0.4) is 0 Å². The normalized spacial score (nSPS) is 16.5. The summed E-state index contributed by atoms with van der Waals surface area (Å²) in [5, 5.41) is 4.22. The number of anilines is 1. The van der Waals surface area contributed by atoms with Gasteiger partial charge in [-0.2, -0.15) is 0 Å². The van der Waals surface area contributed by atoms with Gasteiger partial charge in [0.2, 0.25) is 5.91 Å². The minimum atomic E-state index is 0.0222. The third-order valence-electron chi connectivity index (χ3n) is 3.69. The Balaban J connectivity index is 2.23. The Morgan fingerprint density at radius 1 is 1.29 bits per heavy atom. The number of rotatable bonds is 3. The van der Waals surface area contributed by atoms with Crippen molar-refractivity contribution in [1.82, 2.24) is 10.2 Å². The SMILES string of the molecule is CN1CCN(c2cccc(Cl)c2CNC(C)(C)C)CC1=O. The first kappa shape index (κ1) is 16.1. The van der Waals surface area contributed by atoms with E-state index < -0.39 is 0 Å². The van der Waals surface area contributed by atoms with E-state index in [1.54, 1.807) is 4.90 Å². The van der Waals surface area contributed by atoms with Gasteiger partial charge in [0.25, 0.3) is 0 Å². The van der Waals surface area contributed by atoms with Crippen molar-refractivity contribution in [3.63, 3.8) is 0 Å². The highest BCUT2D eigenvalue weighted by molar-refractivity contribution is 6.31. The number of hydrogen-bond acceptors (Lipinski definition) is 3. The molecule has 1 N–H and O–H groups in total. The lowest BCUT2D eigenvalue weighted by molar-refractivity contribution is -0.129. The summed E-state index contributed by atoms with van der Waals surface area (Å²) in [6.45, 7) is 9.08. The van der Waals surface area contributed by atoms with Crippen LogP contribution in [0.4, 0.5) is 5.69 Å². The Labute approximate surface area is 132 Å². The van der Waals surface area contributed by atoms with Crippen LogP contribution < -0.4 is 10.2 Å². The van der Waals surface area contributed by atoms with Crippen LogP contribution in [0.25, 0.3) is 0 Å². The molecule has 1 aliphatic rings. The van der Waals surface area contributed by atoms with E-state index in [4.69, 9.17) is 11.6 Å². The molecule has 0 radical (unpaired) electrons. The number of amides is 1. The van der Waals surface area contributed by atoms with Gasteiger partial charge in [0.15, 0.2) is 0 Å². The van der Waals surface area contributed by atoms with Crippen LogP contribution in [0.2, 0.25) is 5.02 Å². The van der Waals surface area contributed by atoms with E-state index >= 15 is 0 Å². The molecule has 5 heteroatoms. The predicted octanol–water partition coefficient (Wildman–Crippen LogP) is 2.51. The summed E-state index contributed by atoms with van der Waals surface area (Å²) in [5.74, 6) is 0.149. The first-order valence-corrected chi connectivity index (χ1v) is 7.67. The molecule has 0 aliphatic carbocycles. The average Bonchev–Trinajstić information content (AvgIpc) is 2.39. The molecule has 1 saturated heterocycles. The van der Waals surface area contributed by atoms with E-state index in [-0.39, 0.29) is 11.4 Å². The first-order chi connectivity index (χ1) is 9.78. The molecule has 4 nitrogen and oxygen atoms in total. The maximum absolute atomic E-state index is 11.9. The largest absolute Gasteiger partial charge is 0.360 e. The van der Waals surface area contributed by atoms with Crippen molar-refractivity contribution in [3.8, 4) is 0 Å². The molecule has 0 aromatic heterocycles. The van der Waals surface area contributed by atoms with E-state index in [0.29, 0.717) is 13.1 Å². The Hall–Kier alpha value is -1.26. The fourth-order valence-corrected chi connectivity index (χ4v) is 2.57. The zero-order valence-corrected chi connectivity index (χ0v) is 14.0. The van der Waals surface area contributed by atoms with Crippen molar-refractivity contribution in [2.24, 2.45) is 0 Å². The van der Waals surface area contributed by atoms with Gasteiger partial charge in [0, 0.05) is 48.5 Å². The molecule has 0 atom stereocenters. The smallest absolute Gasteiger partial charge is 0.241 e. The van der Waals surface area contributed by atoms with Crippen LogP contribution in [0, 0.1) is 0 Å². The zero-order valence-electron chi connectivity index (χ0n) is 13.2. The molecule has 0 bridgehead atoms. The molecule has 1 amide bonds. The molecular formula is C16H24ClN3O. The predicted molar refractivity (Wildman–Crippen MR) is 87.9 cm³/mol. The lowest BCUT2D eigenvalue weighted by Gasteiger charge is -2.35. The summed E-state index contributed by atoms with van der Waals surface area (Å²) < 4.78 is 0. The molecule has 0 saturated carbocycles. The van der Waals surface area contributed by atoms with E-state index in [1.807, 2.05) is 25.2 Å². The van der Waals surface area contributed by atoms with Crippen LogP contribution in [-0.4, -0.2) is 43.0 Å². The molecule has 1 aliphatic heterocycles. The van der Waals surface area contributed by atoms with Crippen molar-refractivity contribution < 1.29 is 4.79 Å². The number of likely N-dealkylation sites (N-methyl/N-ethyl adjacent to an activating group) is 1. The van der Waals surface area contributed by atoms with Gasteiger partial charge >= 0.3 is 0 Å². The highest BCUT2D eigenvalue weighted by atomic mass is 35.5. The maximum atomic E-state index is 11.9. The fourth-order valence-electron chi connectivity index (χ4n) is 2.34. The highest BCUT2D eigenvalue weighted by Crippen LogP contribution is 2.29. The third kappa shape index (κ3) is 4.11. The summed E-state index contributed by atoms with van der Waals surface area (Å²) >= 11 is 6.38. The van der Waals surface area contributed by atoms with Crippen LogP contribution in [-0.2, 0) is 11.3 Å². The second-order valence-corrected chi connectivity index (χ2v) is 6.99. The van der Waals surface area contributed by atoms with Crippen molar-refractivity contribution >= 4 is 23.2 Å². The molecule has 116 valence electrons. The van der Waals surface area contributed by atoms with Gasteiger partial charge in [0.1, 0.15) is 0 Å². The van der Waals surface area contributed by atoms with Crippen molar-refractivity contribution in [2.45, 2.75) is 32.9 Å². The molecule has 1 aromatic carbocycles. The Morgan fingerprint density at radius 3 is 2.62 bits per heavy atom. The maximum Gasteiger partial charge on any atom is 0.241 e. The van der Waals surface area contributed by atoms with Gasteiger partial charge in [-0.05, 0) is 32.9 Å². The highest BCUT2D eigenvalue weighted by Gasteiger charge is 2.24. The lowest BCUT2D eigenvalue weighted by Crippen LogP contribution is -2.49. The Bertz CT molecular complexity index is 525. The van der Waals surface area contributed by atoms with E-state index in [1.165, 1.54) is 0 Å². The number of nitrogens with zero attached hydrogens (tertiary/aromatic N) is 2. The Kier molecular flexibility index (Phi) is 4.79. The number of hydrogen-bond donors (Lipinski definition) is 1. The molecule has 2 rings (SSSR count). The number of piperazine rings is 1. The van der Waals surface area contributed by atoms with Crippen LogP contribution in [0.15, 0.2) is 18.2 Å². The summed E-state index contributed by atoms with van der Waals surface area (Å²) in [6.07, 6.45) is 0. The minimum absolute atomic E-state index is 0.0222. The molecule has 0 spiro atoms. The van der Waals surface area contributed by atoms with Gasteiger partial charge in [0.05, 0.1) is 6.54 Å². The van der Waals surface area contributed by atoms with Gasteiger partial charge in [-0.1, -0.05) is 17.7 Å². The Morgan fingerprint density at radius 2 is 2.00 bits per heavy atom. The molecular weight excluding hydrogens is 286 g/mol. The van der Waals surface area contributed by atoms with Crippen molar-refractivity contribution in [3.05, 3.63) is 28.8 Å². The molecule has 1 heterocycles. The zero-order chi connectivity index (χ0) is 15.6. The summed E-state index contributed by atoms with van der Waals surface area (Å²) in [7, 11) is 1.85. The number of halogens is 1.